The Morgan fingerprint density at radius 3 is 2.82 bits per heavy atom. The molecule has 3 atom stereocenters. The van der Waals surface area contributed by atoms with Crippen molar-refractivity contribution in [1.29, 1.82) is 0 Å². The number of rotatable bonds is 3. The maximum absolute atomic E-state index is 12.3. The quantitative estimate of drug-likeness (QED) is 0.917. The van der Waals surface area contributed by atoms with Gasteiger partial charge in [-0.25, -0.2) is 0 Å². The molecule has 2 aliphatic heterocycles. The fourth-order valence-corrected chi connectivity index (χ4v) is 4.21. The summed E-state index contributed by atoms with van der Waals surface area (Å²) in [5.41, 5.74) is 0.888. The predicted octanol–water partition coefficient (Wildman–Crippen LogP) is 3.09. The summed E-state index contributed by atoms with van der Waals surface area (Å²) in [6, 6.07) is 3.71. The Bertz CT molecular complexity index is 593. The third-order valence-electron chi connectivity index (χ3n) is 4.78. The average molecular weight is 344 g/mol. The molecular weight excluding hydrogens is 325 g/mol. The van der Waals surface area contributed by atoms with E-state index in [-0.39, 0.29) is 30.4 Å². The van der Waals surface area contributed by atoms with Crippen LogP contribution in [0.25, 0.3) is 0 Å². The molecule has 2 heterocycles. The number of carbonyl (C=O) groups is 1. The fraction of sp³-hybridized carbons (Fsp3) is 0.562. The molecule has 2 saturated heterocycles. The molecule has 4 nitrogen and oxygen atoms in total. The highest BCUT2D eigenvalue weighted by Gasteiger charge is 2.42. The van der Waals surface area contributed by atoms with Crippen LogP contribution in [0.4, 0.5) is 0 Å². The number of piperidine rings is 1. The maximum Gasteiger partial charge on any atom is 0.223 e. The molecule has 1 aromatic rings. The van der Waals surface area contributed by atoms with Gasteiger partial charge in [-0.3, -0.25) is 4.79 Å². The Morgan fingerprint density at radius 2 is 2.14 bits per heavy atom. The molecule has 2 aliphatic rings. The van der Waals surface area contributed by atoms with Gasteiger partial charge in [0, 0.05) is 37.1 Å². The van der Waals surface area contributed by atoms with Gasteiger partial charge in [0.05, 0.1) is 17.2 Å². The van der Waals surface area contributed by atoms with Gasteiger partial charge in [0.1, 0.15) is 5.75 Å². The molecule has 0 aliphatic carbocycles. The van der Waals surface area contributed by atoms with Crippen LogP contribution in [0.15, 0.2) is 12.1 Å². The first-order valence-electron chi connectivity index (χ1n) is 7.47. The molecule has 120 valence electrons. The van der Waals surface area contributed by atoms with Crippen LogP contribution in [-0.2, 0) is 4.79 Å². The summed E-state index contributed by atoms with van der Waals surface area (Å²) in [7, 11) is 1.61. The van der Waals surface area contributed by atoms with E-state index in [1.165, 1.54) is 0 Å². The predicted molar refractivity (Wildman–Crippen MR) is 85.7 cm³/mol. The summed E-state index contributed by atoms with van der Waals surface area (Å²) < 4.78 is 5.43. The number of methoxy groups -OCH3 is 1. The lowest BCUT2D eigenvalue weighted by atomic mass is 9.89. The molecule has 22 heavy (non-hydrogen) atoms. The Balaban J connectivity index is 1.90. The van der Waals surface area contributed by atoms with Crippen LogP contribution < -0.4 is 4.74 Å². The van der Waals surface area contributed by atoms with Crippen LogP contribution in [0.1, 0.15) is 30.7 Å². The molecule has 3 rings (SSSR count). The van der Waals surface area contributed by atoms with E-state index in [1.54, 1.807) is 13.2 Å². The zero-order valence-electron chi connectivity index (χ0n) is 12.4. The second-order valence-electron chi connectivity index (χ2n) is 6.10. The number of fused-ring (bicyclic) bond motifs is 1. The van der Waals surface area contributed by atoms with E-state index in [1.807, 2.05) is 11.0 Å². The second kappa shape index (κ2) is 6.26. The number of benzene rings is 1. The Morgan fingerprint density at radius 1 is 1.36 bits per heavy atom. The van der Waals surface area contributed by atoms with E-state index in [2.05, 4.69) is 0 Å². The van der Waals surface area contributed by atoms with E-state index >= 15 is 0 Å². The minimum atomic E-state index is 0.0714. The molecule has 0 saturated carbocycles. The molecule has 0 spiro atoms. The molecule has 2 fully saturated rings. The van der Waals surface area contributed by atoms with E-state index in [4.69, 9.17) is 27.9 Å². The molecule has 0 radical (unpaired) electrons. The Kier molecular flexibility index (Phi) is 4.53. The number of aliphatic hydroxyl groups is 1. The molecule has 0 bridgehead atoms. The number of nitrogens with zero attached hydrogens (tertiary/aromatic N) is 1. The third-order valence-corrected chi connectivity index (χ3v) is 5.60. The number of aliphatic hydroxyl groups excluding tert-OH is 1. The van der Waals surface area contributed by atoms with Crippen LogP contribution in [0, 0.1) is 5.92 Å². The largest absolute Gasteiger partial charge is 0.496 e. The summed E-state index contributed by atoms with van der Waals surface area (Å²) in [4.78, 5) is 14.2. The highest BCUT2D eigenvalue weighted by Crippen LogP contribution is 2.45. The molecule has 6 heteroatoms. The second-order valence-corrected chi connectivity index (χ2v) is 6.88. The van der Waals surface area contributed by atoms with E-state index in [0.717, 1.165) is 18.4 Å². The maximum atomic E-state index is 12.3. The highest BCUT2D eigenvalue weighted by molar-refractivity contribution is 6.42. The zero-order chi connectivity index (χ0) is 15.9. The van der Waals surface area contributed by atoms with E-state index in [0.29, 0.717) is 28.8 Å². The lowest BCUT2D eigenvalue weighted by Crippen LogP contribution is -2.43. The third kappa shape index (κ3) is 2.68. The van der Waals surface area contributed by atoms with Crippen molar-refractivity contribution < 1.29 is 14.6 Å². The number of halogens is 2. The van der Waals surface area contributed by atoms with E-state index < -0.39 is 0 Å². The van der Waals surface area contributed by atoms with Crippen molar-refractivity contribution in [2.24, 2.45) is 5.92 Å². The Labute approximate surface area is 140 Å². The first-order valence-corrected chi connectivity index (χ1v) is 8.23. The number of ether oxygens (including phenoxy) is 1. The lowest BCUT2D eigenvalue weighted by molar-refractivity contribution is -0.137. The first kappa shape index (κ1) is 15.9. The van der Waals surface area contributed by atoms with E-state index in [9.17, 15) is 9.90 Å². The highest BCUT2D eigenvalue weighted by atomic mass is 35.5. The summed E-state index contributed by atoms with van der Waals surface area (Å²) in [6.07, 6.45) is 2.11. The summed E-state index contributed by atoms with van der Waals surface area (Å²) in [6.45, 7) is 0.708. The van der Waals surface area contributed by atoms with Gasteiger partial charge in [-0.2, -0.15) is 0 Å². The Hall–Kier alpha value is -0.970. The van der Waals surface area contributed by atoms with Gasteiger partial charge in [-0.05, 0) is 30.9 Å². The van der Waals surface area contributed by atoms with Crippen LogP contribution in [0.5, 0.6) is 5.75 Å². The number of hydrogen-bond acceptors (Lipinski definition) is 3. The summed E-state index contributed by atoms with van der Waals surface area (Å²) >= 11 is 12.5. The first-order chi connectivity index (χ1) is 10.5. The smallest absolute Gasteiger partial charge is 0.223 e. The van der Waals surface area contributed by atoms with Gasteiger partial charge in [-0.1, -0.05) is 23.2 Å². The zero-order valence-corrected chi connectivity index (χ0v) is 13.9. The topological polar surface area (TPSA) is 49.8 Å². The minimum Gasteiger partial charge on any atom is -0.496 e. The number of amides is 1. The van der Waals surface area contributed by atoms with Gasteiger partial charge in [0.2, 0.25) is 5.91 Å². The van der Waals surface area contributed by atoms with Gasteiger partial charge >= 0.3 is 0 Å². The van der Waals surface area contributed by atoms with Crippen molar-refractivity contribution in [3.05, 3.63) is 27.7 Å². The molecule has 1 N–H and O–H groups in total. The van der Waals surface area contributed by atoms with Crippen molar-refractivity contribution in [2.75, 3.05) is 20.3 Å². The van der Waals surface area contributed by atoms with Crippen molar-refractivity contribution >= 4 is 29.1 Å². The number of carbonyl (C=O) groups excluding carboxylic acids is 1. The standard InChI is InChI=1S/C16H19Cl2NO3/c1-22-13-3-2-12(17)16(18)15(13)10-6-11-4-9(8-20)5-14(21)19(11)7-10/h2-3,9-11,20H,4-8H2,1H3/t9-,10-,11+/m0/s1. The van der Waals surface area contributed by atoms with Crippen molar-refractivity contribution in [1.82, 2.24) is 4.90 Å². The normalized spacial score (nSPS) is 27.9. The average Bonchev–Trinajstić information content (AvgIpc) is 2.93. The SMILES string of the molecule is COc1ccc(Cl)c(Cl)c1[C@H]1C[C@H]2C[C@H](CO)CC(=O)N2C1. The van der Waals surface area contributed by atoms with Gasteiger partial charge < -0.3 is 14.7 Å². The van der Waals surface area contributed by atoms with Crippen LogP contribution in [-0.4, -0.2) is 42.2 Å². The van der Waals surface area contributed by atoms with Crippen molar-refractivity contribution in [3.63, 3.8) is 0 Å². The fourth-order valence-electron chi connectivity index (χ4n) is 3.73. The van der Waals surface area contributed by atoms with Crippen LogP contribution >= 0.6 is 23.2 Å². The molecule has 0 unspecified atom stereocenters. The molecular formula is C16H19Cl2NO3. The van der Waals surface area contributed by atoms with Gasteiger partial charge in [-0.15, -0.1) is 0 Å². The summed E-state index contributed by atoms with van der Waals surface area (Å²) in [5, 5.41) is 10.4. The van der Waals surface area contributed by atoms with Crippen molar-refractivity contribution in [3.8, 4) is 5.75 Å². The van der Waals surface area contributed by atoms with Gasteiger partial charge in [0.15, 0.2) is 0 Å². The summed E-state index contributed by atoms with van der Waals surface area (Å²) in [5.74, 6) is 1.03. The number of hydrogen-bond donors (Lipinski definition) is 1. The molecule has 1 aromatic carbocycles. The monoisotopic (exact) mass is 343 g/mol. The van der Waals surface area contributed by atoms with Crippen LogP contribution in [0.2, 0.25) is 10.0 Å². The molecule has 0 aromatic heterocycles. The van der Waals surface area contributed by atoms with Crippen LogP contribution in [0.3, 0.4) is 0 Å². The van der Waals surface area contributed by atoms with Crippen molar-refractivity contribution in [2.45, 2.75) is 31.2 Å². The minimum absolute atomic E-state index is 0.0714. The molecule has 1 amide bonds. The van der Waals surface area contributed by atoms with Gasteiger partial charge in [0.25, 0.3) is 0 Å². The lowest BCUT2D eigenvalue weighted by Gasteiger charge is -2.33.